The second-order valence-corrected chi connectivity index (χ2v) is 5.04. The zero-order chi connectivity index (χ0) is 13.1. The first-order valence-corrected chi connectivity index (χ1v) is 6.28. The largest absolute Gasteiger partial charge is 0.325 e. The first kappa shape index (κ1) is 12.8. The lowest BCUT2D eigenvalue weighted by molar-refractivity contribution is 0.576. The van der Waals surface area contributed by atoms with Crippen LogP contribution in [0.5, 0.6) is 0 Å². The van der Waals surface area contributed by atoms with E-state index in [0.29, 0.717) is 10.6 Å². The molecule has 18 heavy (non-hydrogen) atoms. The average Bonchev–Trinajstić information content (AvgIpc) is 2.37. The number of nitrogens with two attached hydrogens (primary N) is 1. The maximum atomic E-state index is 13.0. The maximum Gasteiger partial charge on any atom is 0.127 e. The van der Waals surface area contributed by atoms with Crippen molar-refractivity contribution in [2.24, 2.45) is 5.73 Å². The van der Waals surface area contributed by atoms with Crippen molar-refractivity contribution >= 4 is 10.8 Å². The van der Waals surface area contributed by atoms with Gasteiger partial charge < -0.3 is 5.73 Å². The fourth-order valence-electron chi connectivity index (χ4n) is 1.41. The molecule has 0 spiro atoms. The summed E-state index contributed by atoms with van der Waals surface area (Å²) < 4.78 is 38.1. The van der Waals surface area contributed by atoms with Crippen LogP contribution in [0.25, 0.3) is 0 Å². The van der Waals surface area contributed by atoms with Crippen LogP contribution in [0.3, 0.4) is 0 Å². The number of nitrogens with zero attached hydrogens (tertiary/aromatic N) is 1. The van der Waals surface area contributed by atoms with Crippen LogP contribution in [0.4, 0.5) is 8.78 Å². The second-order valence-electron chi connectivity index (χ2n) is 3.56. The zero-order valence-corrected chi connectivity index (χ0v) is 10.1. The molecule has 1 atom stereocenters. The van der Waals surface area contributed by atoms with Crippen molar-refractivity contribution in [1.82, 2.24) is 4.98 Å². The van der Waals surface area contributed by atoms with Gasteiger partial charge in [0.05, 0.1) is 21.4 Å². The average molecular weight is 268 g/mol. The summed E-state index contributed by atoms with van der Waals surface area (Å²) in [6.45, 7) is 0.279. The highest BCUT2D eigenvalue weighted by atomic mass is 32.2. The number of halogens is 2. The summed E-state index contributed by atoms with van der Waals surface area (Å²) in [4.78, 5) is 4.42. The molecule has 0 saturated heterocycles. The minimum Gasteiger partial charge on any atom is -0.325 e. The molecule has 0 aliphatic heterocycles. The first-order chi connectivity index (χ1) is 8.60. The number of hydrogen-bond acceptors (Lipinski definition) is 3. The normalized spacial score (nSPS) is 12.4. The van der Waals surface area contributed by atoms with Gasteiger partial charge in [-0.05, 0) is 24.3 Å². The van der Waals surface area contributed by atoms with Gasteiger partial charge in [-0.3, -0.25) is 4.98 Å². The van der Waals surface area contributed by atoms with E-state index in [1.165, 1.54) is 6.20 Å². The van der Waals surface area contributed by atoms with E-state index in [-0.39, 0.29) is 11.4 Å². The van der Waals surface area contributed by atoms with Gasteiger partial charge in [0.1, 0.15) is 11.6 Å². The number of pyridine rings is 1. The fourth-order valence-corrected chi connectivity index (χ4v) is 2.46. The van der Waals surface area contributed by atoms with E-state index in [9.17, 15) is 13.0 Å². The van der Waals surface area contributed by atoms with E-state index >= 15 is 0 Å². The molecule has 1 aromatic heterocycles. The lowest BCUT2D eigenvalue weighted by Gasteiger charge is -2.03. The molecule has 0 amide bonds. The van der Waals surface area contributed by atoms with Crippen molar-refractivity contribution in [2.75, 3.05) is 0 Å². The quantitative estimate of drug-likeness (QED) is 0.926. The summed E-state index contributed by atoms with van der Waals surface area (Å²) in [5, 5.41) is 0. The third-order valence-electron chi connectivity index (χ3n) is 2.27. The van der Waals surface area contributed by atoms with Crippen LogP contribution < -0.4 is 5.73 Å². The topological polar surface area (TPSA) is 56.0 Å². The summed E-state index contributed by atoms with van der Waals surface area (Å²) >= 11 is 0. The molecule has 0 aliphatic carbocycles. The molecule has 1 aromatic carbocycles. The third kappa shape index (κ3) is 2.77. The van der Waals surface area contributed by atoms with E-state index in [1.807, 2.05) is 0 Å². The molecule has 94 valence electrons. The van der Waals surface area contributed by atoms with Crippen molar-refractivity contribution in [1.29, 1.82) is 0 Å². The van der Waals surface area contributed by atoms with Gasteiger partial charge in [0.2, 0.25) is 0 Å². The van der Waals surface area contributed by atoms with Gasteiger partial charge in [0.25, 0.3) is 0 Å². The standard InChI is InChI=1S/C12H10F2N2OS/c13-8-3-9(14)5-12(4-8)18(17)11-2-1-10(6-15)16-7-11/h1-5,7H,6,15H2. The van der Waals surface area contributed by atoms with Gasteiger partial charge in [-0.15, -0.1) is 0 Å². The van der Waals surface area contributed by atoms with Crippen molar-refractivity contribution in [3.05, 3.63) is 53.9 Å². The molecule has 6 heteroatoms. The maximum absolute atomic E-state index is 13.0. The molecule has 1 heterocycles. The highest BCUT2D eigenvalue weighted by molar-refractivity contribution is 7.85. The van der Waals surface area contributed by atoms with Crippen LogP contribution >= 0.6 is 0 Å². The molecule has 0 radical (unpaired) electrons. The second kappa shape index (κ2) is 5.32. The van der Waals surface area contributed by atoms with Crippen molar-refractivity contribution in [3.63, 3.8) is 0 Å². The van der Waals surface area contributed by atoms with Crippen molar-refractivity contribution in [3.8, 4) is 0 Å². The summed E-state index contributed by atoms with van der Waals surface area (Å²) in [6.07, 6.45) is 1.39. The Morgan fingerprint density at radius 1 is 1.11 bits per heavy atom. The van der Waals surface area contributed by atoms with Crippen LogP contribution in [-0.2, 0) is 17.3 Å². The van der Waals surface area contributed by atoms with Gasteiger partial charge in [-0.2, -0.15) is 0 Å². The van der Waals surface area contributed by atoms with Crippen LogP contribution in [0, 0.1) is 11.6 Å². The van der Waals surface area contributed by atoms with Crippen LogP contribution in [-0.4, -0.2) is 9.19 Å². The Hall–Kier alpha value is -1.66. The third-order valence-corrected chi connectivity index (χ3v) is 3.60. The van der Waals surface area contributed by atoms with Gasteiger partial charge in [-0.25, -0.2) is 13.0 Å². The minimum atomic E-state index is -1.66. The Kier molecular flexibility index (Phi) is 3.78. The molecule has 2 N–H and O–H groups in total. The number of aromatic nitrogens is 1. The van der Waals surface area contributed by atoms with E-state index < -0.39 is 22.4 Å². The molecular weight excluding hydrogens is 258 g/mol. The highest BCUT2D eigenvalue weighted by Gasteiger charge is 2.10. The monoisotopic (exact) mass is 268 g/mol. The molecule has 3 nitrogen and oxygen atoms in total. The molecule has 0 saturated carbocycles. The van der Waals surface area contributed by atoms with Crippen LogP contribution in [0.2, 0.25) is 0 Å². The molecule has 0 fully saturated rings. The van der Waals surface area contributed by atoms with Gasteiger partial charge in [0, 0.05) is 23.7 Å². The predicted molar refractivity (Wildman–Crippen MR) is 63.2 cm³/mol. The zero-order valence-electron chi connectivity index (χ0n) is 9.27. The highest BCUT2D eigenvalue weighted by Crippen LogP contribution is 2.18. The Balaban J connectivity index is 2.34. The van der Waals surface area contributed by atoms with Crippen molar-refractivity contribution in [2.45, 2.75) is 16.3 Å². The lowest BCUT2D eigenvalue weighted by atomic mass is 10.3. The van der Waals surface area contributed by atoms with Gasteiger partial charge >= 0.3 is 0 Å². The number of benzene rings is 1. The number of rotatable bonds is 3. The van der Waals surface area contributed by atoms with Gasteiger partial charge in [0.15, 0.2) is 0 Å². The van der Waals surface area contributed by atoms with E-state index in [1.54, 1.807) is 12.1 Å². The molecule has 1 unspecified atom stereocenters. The van der Waals surface area contributed by atoms with Crippen LogP contribution in [0.15, 0.2) is 46.3 Å². The molecular formula is C12H10F2N2OS. The smallest absolute Gasteiger partial charge is 0.127 e. The minimum absolute atomic E-state index is 0.0646. The lowest BCUT2D eigenvalue weighted by Crippen LogP contribution is -2.01. The summed E-state index contributed by atoms with van der Waals surface area (Å²) in [7, 11) is -1.66. The van der Waals surface area contributed by atoms with Crippen LogP contribution in [0.1, 0.15) is 5.69 Å². The number of hydrogen-bond donors (Lipinski definition) is 1. The van der Waals surface area contributed by atoms with E-state index in [0.717, 1.165) is 18.2 Å². The fraction of sp³-hybridized carbons (Fsp3) is 0.0833. The Labute approximate surface area is 105 Å². The molecule has 2 rings (SSSR count). The Bertz CT molecular complexity index is 567. The Morgan fingerprint density at radius 3 is 2.28 bits per heavy atom. The van der Waals surface area contributed by atoms with E-state index in [4.69, 9.17) is 5.73 Å². The van der Waals surface area contributed by atoms with Crippen molar-refractivity contribution < 1.29 is 13.0 Å². The summed E-state index contributed by atoms with van der Waals surface area (Å²) in [5.41, 5.74) is 6.04. The SMILES string of the molecule is NCc1ccc(S(=O)c2cc(F)cc(F)c2)cn1. The first-order valence-electron chi connectivity index (χ1n) is 5.13. The summed E-state index contributed by atoms with van der Waals surface area (Å²) in [5.74, 6) is -1.52. The van der Waals surface area contributed by atoms with E-state index in [2.05, 4.69) is 4.98 Å². The van der Waals surface area contributed by atoms with Gasteiger partial charge in [-0.1, -0.05) is 0 Å². The Morgan fingerprint density at radius 2 is 1.78 bits per heavy atom. The molecule has 0 aliphatic rings. The molecule has 0 bridgehead atoms. The molecule has 2 aromatic rings. The predicted octanol–water partition coefficient (Wildman–Crippen LogP) is 1.99. The summed E-state index contributed by atoms with van der Waals surface area (Å²) in [6, 6.07) is 6.01.